The standard InChI is InChI=1S/C50H56F10N10O9S/c1-47(2,49(55,56)57)40(65-46(76)79-5)42(72)63-37(17-28-10-7-27(8-11-28)9-12-29-13-16-39(61-20-29)67-23-32-14-15-33(24-67)70(32)80(6,77)78)38(71)26-68(66-43(73)41(64-45(74)75)48(3,4)50(58,59)60)25-34-35(51)18-30(19-36(34)52)31-21-62-69(22-31)44(53)54/h7-8,10-11,13,16,18-22,32-33,37-38,40-41,44,64,71H,14-15,17,23-26H2,1-6H3,(H,63,72)(H,65,76)(H,66,73)(H,74,75)/t32?,33?,37-,38-,40+,41+/m0/s1. The van der Waals surface area contributed by atoms with Crippen molar-refractivity contribution in [1.29, 1.82) is 0 Å². The molecule has 6 rings (SSSR count). The van der Waals surface area contributed by atoms with Gasteiger partial charge in [-0.3, -0.25) is 15.0 Å². The van der Waals surface area contributed by atoms with Gasteiger partial charge in [0, 0.05) is 72.9 Å². The van der Waals surface area contributed by atoms with Crippen LogP contribution in [0.2, 0.25) is 0 Å². The van der Waals surface area contributed by atoms with Gasteiger partial charge in [0.2, 0.25) is 15.9 Å². The maximum Gasteiger partial charge on any atom is 0.407 e. The van der Waals surface area contributed by atoms with Crippen LogP contribution in [0.5, 0.6) is 0 Å². The summed E-state index contributed by atoms with van der Waals surface area (Å²) in [6.07, 6.45) is -11.1. The Morgan fingerprint density at radius 3 is 1.85 bits per heavy atom. The summed E-state index contributed by atoms with van der Waals surface area (Å²) in [4.78, 5) is 58.5. The number of alkyl halides is 8. The van der Waals surface area contributed by atoms with Crippen molar-refractivity contribution in [2.45, 2.75) is 109 Å². The number of ether oxygens (including phenoxy) is 1. The number of amides is 4. The predicted molar refractivity (Wildman–Crippen MR) is 265 cm³/mol. The van der Waals surface area contributed by atoms with E-state index in [0.717, 1.165) is 32.3 Å². The number of carbonyl (C=O) groups excluding carboxylic acids is 3. The SMILES string of the molecule is COC(=O)N[C@H](C(=O)N[C@@H](Cc1ccc(C#Cc2ccc(N3CC4CCC(C3)N4S(C)(=O)=O)nc2)cc1)[C@@H](O)CN(Cc1c(F)cc(-c2cnn(C(F)F)c2)cc1F)NC(=O)[C@@H](NC(=O)O)C(C)(C)C(F)(F)F)C(C)(C)C(F)(F)F. The van der Waals surface area contributed by atoms with Crippen LogP contribution in [0.15, 0.2) is 67.1 Å². The van der Waals surface area contributed by atoms with Crippen LogP contribution in [0.25, 0.3) is 11.1 Å². The lowest BCUT2D eigenvalue weighted by molar-refractivity contribution is -0.221. The lowest BCUT2D eigenvalue weighted by Crippen LogP contribution is -2.63. The van der Waals surface area contributed by atoms with Crippen molar-refractivity contribution in [3.8, 4) is 23.0 Å². The second-order valence-electron chi connectivity index (χ2n) is 20.3. The third kappa shape index (κ3) is 14.6. The summed E-state index contributed by atoms with van der Waals surface area (Å²) < 4.78 is 176. The van der Waals surface area contributed by atoms with E-state index in [-0.39, 0.29) is 33.5 Å². The normalized spacial score (nSPS) is 17.7. The molecule has 2 aromatic carbocycles. The van der Waals surface area contributed by atoms with Gasteiger partial charge in [0.25, 0.3) is 5.91 Å². The molecule has 2 unspecified atom stereocenters. The zero-order valence-electron chi connectivity index (χ0n) is 43.5. The number of halogens is 10. The smallest absolute Gasteiger partial charge is 0.407 e. The molecule has 4 amide bonds. The molecule has 80 heavy (non-hydrogen) atoms. The molecule has 19 nitrogen and oxygen atoms in total. The zero-order chi connectivity index (χ0) is 59.4. The molecule has 2 fully saturated rings. The van der Waals surface area contributed by atoms with Crippen LogP contribution < -0.4 is 26.3 Å². The number of pyridine rings is 1. The maximum absolute atomic E-state index is 16.0. The van der Waals surface area contributed by atoms with Gasteiger partial charge in [-0.05, 0) is 94.5 Å². The highest BCUT2D eigenvalue weighted by Crippen LogP contribution is 2.42. The van der Waals surface area contributed by atoms with Gasteiger partial charge in [0.1, 0.15) is 29.5 Å². The first-order valence-corrected chi connectivity index (χ1v) is 26.1. The number of hydrogen-bond donors (Lipinski definition) is 6. The number of nitrogens with zero attached hydrogens (tertiary/aromatic N) is 6. The Kier molecular flexibility index (Phi) is 18.8. The summed E-state index contributed by atoms with van der Waals surface area (Å²) in [5.41, 5.74) is -4.75. The number of aliphatic hydroxyl groups is 1. The van der Waals surface area contributed by atoms with E-state index < -0.39 is 125 Å². The number of methoxy groups -OCH3 is 1. The van der Waals surface area contributed by atoms with Crippen LogP contribution in [0.1, 0.15) is 69.3 Å². The Bertz CT molecular complexity index is 3040. The summed E-state index contributed by atoms with van der Waals surface area (Å²) in [6.45, 7) is -2.56. The van der Waals surface area contributed by atoms with E-state index in [4.69, 9.17) is 0 Å². The Morgan fingerprint density at radius 2 is 1.36 bits per heavy atom. The van der Waals surface area contributed by atoms with Crippen molar-refractivity contribution in [3.63, 3.8) is 0 Å². The fourth-order valence-electron chi connectivity index (χ4n) is 9.12. The molecule has 6 atom stereocenters. The third-order valence-corrected chi connectivity index (χ3v) is 15.2. The molecular weight excluding hydrogens is 1110 g/mol. The summed E-state index contributed by atoms with van der Waals surface area (Å²) in [5.74, 6) is 0.233. The topological polar surface area (TPSA) is 241 Å². The van der Waals surface area contributed by atoms with Crippen molar-refractivity contribution in [2.75, 3.05) is 37.9 Å². The number of aromatic nitrogens is 3. The zero-order valence-corrected chi connectivity index (χ0v) is 44.3. The number of piperazine rings is 1. The molecule has 6 N–H and O–H groups in total. The maximum atomic E-state index is 16.0. The summed E-state index contributed by atoms with van der Waals surface area (Å²) in [5, 5.41) is 30.8. The van der Waals surface area contributed by atoms with Crippen molar-refractivity contribution in [1.82, 2.24) is 45.5 Å². The van der Waals surface area contributed by atoms with Crippen LogP contribution in [0.3, 0.4) is 0 Å². The highest BCUT2D eigenvalue weighted by Gasteiger charge is 2.57. The second-order valence-corrected chi connectivity index (χ2v) is 22.2. The summed E-state index contributed by atoms with van der Waals surface area (Å²) in [7, 11) is -2.59. The minimum Gasteiger partial charge on any atom is -0.465 e. The molecule has 2 aromatic heterocycles. The van der Waals surface area contributed by atoms with E-state index >= 15 is 8.78 Å². The van der Waals surface area contributed by atoms with Crippen molar-refractivity contribution in [3.05, 3.63) is 101 Å². The minimum atomic E-state index is -5.30. The van der Waals surface area contributed by atoms with Crippen LogP contribution in [-0.2, 0) is 37.3 Å². The average Bonchev–Trinajstić information content (AvgIpc) is 3.98. The van der Waals surface area contributed by atoms with Gasteiger partial charge in [-0.25, -0.2) is 41.5 Å². The van der Waals surface area contributed by atoms with E-state index in [2.05, 4.69) is 32.0 Å². The average molecular weight is 1160 g/mol. The third-order valence-electron chi connectivity index (χ3n) is 13.9. The lowest BCUT2D eigenvalue weighted by Gasteiger charge is -2.40. The number of carboxylic acid groups (broad SMARTS) is 1. The Labute approximate surface area is 452 Å². The number of hydrogen-bond acceptors (Lipinski definition) is 12. The number of benzene rings is 2. The van der Waals surface area contributed by atoms with Crippen molar-refractivity contribution < 1.29 is 86.5 Å². The van der Waals surface area contributed by atoms with E-state index in [1.54, 1.807) is 16.4 Å². The molecule has 0 aliphatic carbocycles. The summed E-state index contributed by atoms with van der Waals surface area (Å²) >= 11 is 0. The van der Waals surface area contributed by atoms with Gasteiger partial charge in [-0.2, -0.15) is 44.5 Å². The number of rotatable bonds is 19. The molecule has 0 spiro atoms. The van der Waals surface area contributed by atoms with Crippen molar-refractivity contribution in [2.24, 2.45) is 10.8 Å². The van der Waals surface area contributed by atoms with Crippen LogP contribution in [0, 0.1) is 34.3 Å². The van der Waals surface area contributed by atoms with Gasteiger partial charge < -0.3 is 35.8 Å². The van der Waals surface area contributed by atoms with Crippen molar-refractivity contribution >= 4 is 39.8 Å². The highest BCUT2D eigenvalue weighted by atomic mass is 32.2. The fourth-order valence-corrected chi connectivity index (χ4v) is 10.5. The first-order valence-electron chi connectivity index (χ1n) is 24.2. The molecular formula is C50H56F10N10O9S. The molecule has 0 saturated carbocycles. The van der Waals surface area contributed by atoms with Gasteiger partial charge >= 0.3 is 31.1 Å². The number of alkyl carbamates (subject to hydrolysis) is 1. The molecule has 2 aliphatic heterocycles. The van der Waals surface area contributed by atoms with Gasteiger partial charge in [0.05, 0.1) is 42.5 Å². The number of nitrogens with one attached hydrogen (secondary N) is 4. The lowest BCUT2D eigenvalue weighted by atomic mass is 9.82. The van der Waals surface area contributed by atoms with E-state index in [1.807, 2.05) is 15.6 Å². The number of sulfonamides is 1. The van der Waals surface area contributed by atoms with E-state index in [9.17, 15) is 72.9 Å². The molecule has 2 aliphatic rings. The molecule has 436 valence electrons. The first-order chi connectivity index (χ1) is 37.1. The van der Waals surface area contributed by atoms with E-state index in [0.29, 0.717) is 74.9 Å². The highest BCUT2D eigenvalue weighted by molar-refractivity contribution is 7.88. The number of carbonyl (C=O) groups is 4. The van der Waals surface area contributed by atoms with Crippen LogP contribution >= 0.6 is 0 Å². The molecule has 4 aromatic rings. The quantitative estimate of drug-likeness (QED) is 0.0355. The van der Waals surface area contributed by atoms with E-state index in [1.165, 1.54) is 42.0 Å². The van der Waals surface area contributed by atoms with Gasteiger partial charge in [-0.15, -0.1) is 0 Å². The summed E-state index contributed by atoms with van der Waals surface area (Å²) in [6, 6.07) is 3.21. The molecule has 2 bridgehead atoms. The number of aliphatic hydroxyl groups excluding tert-OH is 1. The largest absolute Gasteiger partial charge is 0.465 e. The van der Waals surface area contributed by atoms with Gasteiger partial charge in [0.15, 0.2) is 0 Å². The minimum absolute atomic E-state index is 0.177. The second kappa shape index (κ2) is 24.2. The number of anilines is 1. The fraction of sp³-hybridized carbons (Fsp3) is 0.480. The Hall–Kier alpha value is -7.23. The number of hydrazine groups is 1. The molecule has 4 heterocycles. The monoisotopic (exact) mass is 1160 g/mol. The Balaban J connectivity index is 1.32. The predicted octanol–water partition coefficient (Wildman–Crippen LogP) is 6.09. The molecule has 0 radical (unpaired) electrons. The molecule has 2 saturated heterocycles. The van der Waals surface area contributed by atoms with Crippen LogP contribution in [0.4, 0.5) is 59.3 Å². The van der Waals surface area contributed by atoms with Gasteiger partial charge in [-0.1, -0.05) is 24.0 Å². The molecule has 30 heteroatoms. The Morgan fingerprint density at radius 1 is 0.812 bits per heavy atom. The number of fused-ring (bicyclic) bond motifs is 2. The first kappa shape index (κ1) is 62.0. The van der Waals surface area contributed by atoms with Crippen LogP contribution in [-0.4, -0.2) is 148 Å².